The zero-order valence-electron chi connectivity index (χ0n) is 31.4. The molecule has 0 aromatic heterocycles. The Bertz CT molecular complexity index is 620. The van der Waals surface area contributed by atoms with Crippen LogP contribution in [0.1, 0.15) is 177 Å². The second kappa shape index (κ2) is 25.8. The van der Waals surface area contributed by atoms with E-state index in [1.807, 2.05) is 0 Å². The summed E-state index contributed by atoms with van der Waals surface area (Å²) in [7, 11) is 0. The Balaban J connectivity index is 2.69. The predicted octanol–water partition coefficient (Wildman–Crippen LogP) is 10.8. The summed E-state index contributed by atoms with van der Waals surface area (Å²) in [5, 5.41) is 0. The van der Waals surface area contributed by atoms with Gasteiger partial charge in [-0.05, 0) is 90.9 Å². The molecule has 1 aliphatic rings. The van der Waals surface area contributed by atoms with Crippen LogP contribution in [0, 0.1) is 11.3 Å². The first-order chi connectivity index (χ1) is 21.2. The van der Waals surface area contributed by atoms with Gasteiger partial charge in [-0.2, -0.15) is 0 Å². The molecule has 0 saturated carbocycles. The molecule has 0 aromatic rings. The van der Waals surface area contributed by atoms with Crippen LogP contribution < -0.4 is 0 Å². The fourth-order valence-corrected chi connectivity index (χ4v) is 7.03. The van der Waals surface area contributed by atoms with Gasteiger partial charge < -0.3 is 19.1 Å². The molecule has 0 N–H and O–H groups in total. The highest BCUT2D eigenvalue weighted by molar-refractivity contribution is 4.85. The maximum absolute atomic E-state index is 6.31. The van der Waals surface area contributed by atoms with Crippen LogP contribution in [0.4, 0.5) is 0 Å². The average molecular weight is 625 g/mol. The third-order valence-electron chi connectivity index (χ3n) is 9.68. The molecule has 2 unspecified atom stereocenters. The molecule has 0 aliphatic carbocycles. The monoisotopic (exact) mass is 625 g/mol. The maximum atomic E-state index is 6.31. The van der Waals surface area contributed by atoms with Gasteiger partial charge >= 0.3 is 0 Å². The third kappa shape index (κ3) is 18.8. The molecule has 1 fully saturated rings. The van der Waals surface area contributed by atoms with Crippen molar-refractivity contribution in [2.24, 2.45) is 11.3 Å². The summed E-state index contributed by atoms with van der Waals surface area (Å²) in [6.45, 7) is 26.0. The number of hydrogen-bond donors (Lipinski definition) is 0. The van der Waals surface area contributed by atoms with Crippen molar-refractivity contribution in [3.63, 3.8) is 0 Å². The Morgan fingerprint density at radius 2 is 1.14 bits per heavy atom. The van der Waals surface area contributed by atoms with E-state index >= 15 is 0 Å². The molecule has 44 heavy (non-hydrogen) atoms. The van der Waals surface area contributed by atoms with Gasteiger partial charge in [-0.3, -0.25) is 4.90 Å². The van der Waals surface area contributed by atoms with Crippen LogP contribution in [0.15, 0.2) is 0 Å². The summed E-state index contributed by atoms with van der Waals surface area (Å²) < 4.78 is 18.9. The highest BCUT2D eigenvalue weighted by Crippen LogP contribution is 2.34. The van der Waals surface area contributed by atoms with E-state index in [-0.39, 0.29) is 5.92 Å². The van der Waals surface area contributed by atoms with Crippen LogP contribution >= 0.6 is 0 Å². The minimum atomic E-state index is -0.894. The summed E-state index contributed by atoms with van der Waals surface area (Å²) in [4.78, 5) is 5.61. The van der Waals surface area contributed by atoms with Gasteiger partial charge in [0.2, 0.25) is 0 Å². The van der Waals surface area contributed by atoms with Gasteiger partial charge in [-0.25, -0.2) is 0 Å². The molecule has 264 valence electrons. The third-order valence-corrected chi connectivity index (χ3v) is 9.68. The SMILES string of the molecule is CCCCCCCCCCN(CCC(C)(C)C)C1CCN(CCCC(CCCCCCCC)C(OCC)(OCC)OCC)C1. The van der Waals surface area contributed by atoms with Gasteiger partial charge in [-0.1, -0.05) is 118 Å². The number of likely N-dealkylation sites (tertiary alicyclic amines) is 1. The molecule has 1 rings (SSSR count). The molecule has 1 saturated heterocycles. The normalized spacial score (nSPS) is 17.2. The lowest BCUT2D eigenvalue weighted by Crippen LogP contribution is -2.47. The van der Waals surface area contributed by atoms with E-state index in [1.54, 1.807) is 0 Å². The van der Waals surface area contributed by atoms with E-state index < -0.39 is 5.97 Å². The lowest BCUT2D eigenvalue weighted by molar-refractivity contribution is -0.403. The van der Waals surface area contributed by atoms with E-state index in [9.17, 15) is 0 Å². The zero-order chi connectivity index (χ0) is 32.5. The van der Waals surface area contributed by atoms with Crippen LogP contribution in [-0.4, -0.2) is 74.4 Å². The smallest absolute Gasteiger partial charge is 0.285 e. The number of nitrogens with zero attached hydrogens (tertiary/aromatic N) is 2. The molecule has 1 heterocycles. The van der Waals surface area contributed by atoms with Gasteiger partial charge in [0.05, 0.1) is 0 Å². The van der Waals surface area contributed by atoms with E-state index in [2.05, 4.69) is 65.2 Å². The first kappa shape index (κ1) is 41.8. The van der Waals surface area contributed by atoms with E-state index in [1.165, 1.54) is 142 Å². The van der Waals surface area contributed by atoms with Crippen LogP contribution in [0.2, 0.25) is 0 Å². The van der Waals surface area contributed by atoms with Gasteiger partial charge in [0.15, 0.2) is 0 Å². The molecule has 0 spiro atoms. The summed E-state index contributed by atoms with van der Waals surface area (Å²) in [6.07, 6.45) is 25.1. The Kier molecular flexibility index (Phi) is 24.6. The van der Waals surface area contributed by atoms with E-state index in [0.29, 0.717) is 25.2 Å². The molecule has 0 bridgehead atoms. The molecule has 1 aliphatic heterocycles. The first-order valence-corrected chi connectivity index (χ1v) is 19.6. The van der Waals surface area contributed by atoms with Crippen molar-refractivity contribution < 1.29 is 14.2 Å². The Hall–Kier alpha value is -0.200. The highest BCUT2D eigenvalue weighted by atomic mass is 16.9. The zero-order valence-corrected chi connectivity index (χ0v) is 31.4. The second-order valence-corrected chi connectivity index (χ2v) is 14.9. The molecule has 0 radical (unpaired) electrons. The van der Waals surface area contributed by atoms with Crippen molar-refractivity contribution in [2.45, 2.75) is 189 Å². The molecule has 5 heteroatoms. The lowest BCUT2D eigenvalue weighted by atomic mass is 9.91. The van der Waals surface area contributed by atoms with Crippen molar-refractivity contribution in [3.8, 4) is 0 Å². The predicted molar refractivity (Wildman–Crippen MR) is 191 cm³/mol. The van der Waals surface area contributed by atoms with E-state index in [0.717, 1.165) is 18.9 Å². The highest BCUT2D eigenvalue weighted by Gasteiger charge is 2.41. The minimum Gasteiger partial charge on any atom is -0.328 e. The second-order valence-electron chi connectivity index (χ2n) is 14.9. The van der Waals surface area contributed by atoms with Crippen molar-refractivity contribution in [2.75, 3.05) is 52.5 Å². The molecule has 2 atom stereocenters. The van der Waals surface area contributed by atoms with Crippen LogP contribution in [-0.2, 0) is 14.2 Å². The quantitative estimate of drug-likeness (QED) is 0.0587. The lowest BCUT2D eigenvalue weighted by Gasteiger charge is -2.39. The van der Waals surface area contributed by atoms with Gasteiger partial charge in [0, 0.05) is 38.3 Å². The van der Waals surface area contributed by atoms with Crippen LogP contribution in [0.3, 0.4) is 0 Å². The van der Waals surface area contributed by atoms with Crippen LogP contribution in [0.5, 0.6) is 0 Å². The van der Waals surface area contributed by atoms with Crippen molar-refractivity contribution >= 4 is 0 Å². The van der Waals surface area contributed by atoms with Crippen molar-refractivity contribution in [3.05, 3.63) is 0 Å². The minimum absolute atomic E-state index is 0.275. The number of rotatable bonds is 30. The number of hydrogen-bond acceptors (Lipinski definition) is 5. The number of ether oxygens (including phenoxy) is 3. The summed E-state index contributed by atoms with van der Waals surface area (Å²) in [5.41, 5.74) is 0.398. The van der Waals surface area contributed by atoms with Crippen molar-refractivity contribution in [1.29, 1.82) is 0 Å². The molecular weight excluding hydrogens is 544 g/mol. The number of unbranched alkanes of at least 4 members (excludes halogenated alkanes) is 12. The fourth-order valence-electron chi connectivity index (χ4n) is 7.03. The van der Waals surface area contributed by atoms with Gasteiger partial charge in [0.25, 0.3) is 5.97 Å². The summed E-state index contributed by atoms with van der Waals surface area (Å²) >= 11 is 0. The van der Waals surface area contributed by atoms with Crippen LogP contribution in [0.25, 0.3) is 0 Å². The molecule has 0 aromatic carbocycles. The maximum Gasteiger partial charge on any atom is 0.285 e. The molecular formula is C39H80N2O3. The standard InChI is InChI=1S/C39H80N2O3/c1-9-14-16-18-20-21-23-25-32-41(34-30-38(6,7)8)37-29-33-40(35-37)31-26-28-36(27-24-22-19-17-15-10-2)39(42-11-3,43-12-4)44-13-5/h36-37H,9-35H2,1-8H3. The Labute approximate surface area is 276 Å². The first-order valence-electron chi connectivity index (χ1n) is 19.6. The topological polar surface area (TPSA) is 34.2 Å². The molecule has 5 nitrogen and oxygen atoms in total. The largest absolute Gasteiger partial charge is 0.328 e. The Morgan fingerprint density at radius 1 is 0.636 bits per heavy atom. The average Bonchev–Trinajstić information content (AvgIpc) is 3.45. The Morgan fingerprint density at radius 3 is 1.66 bits per heavy atom. The van der Waals surface area contributed by atoms with Gasteiger partial charge in [-0.15, -0.1) is 0 Å². The molecule has 0 amide bonds. The fraction of sp³-hybridized carbons (Fsp3) is 1.00. The summed E-state index contributed by atoms with van der Waals surface area (Å²) in [5.74, 6) is -0.619. The van der Waals surface area contributed by atoms with E-state index in [4.69, 9.17) is 14.2 Å². The summed E-state index contributed by atoms with van der Waals surface area (Å²) in [6, 6.07) is 0.718. The van der Waals surface area contributed by atoms with Crippen molar-refractivity contribution in [1.82, 2.24) is 9.80 Å². The van der Waals surface area contributed by atoms with Gasteiger partial charge in [0.1, 0.15) is 0 Å².